The van der Waals surface area contributed by atoms with Crippen molar-refractivity contribution < 1.29 is 5.11 Å². The normalized spacial score (nSPS) is 30.3. The first-order valence-electron chi connectivity index (χ1n) is 4.62. The van der Waals surface area contributed by atoms with Gasteiger partial charge in [0, 0.05) is 12.1 Å². The Morgan fingerprint density at radius 2 is 2.27 bits per heavy atom. The number of hydrogen-bond acceptors (Lipinski definition) is 2. The lowest BCUT2D eigenvalue weighted by Gasteiger charge is -2.37. The van der Waals surface area contributed by atoms with Gasteiger partial charge in [-0.15, -0.1) is 0 Å². The molecule has 0 spiro atoms. The van der Waals surface area contributed by atoms with E-state index in [1.165, 1.54) is 25.8 Å². The Balaban J connectivity index is 2.40. The van der Waals surface area contributed by atoms with Crippen molar-refractivity contribution in [3.05, 3.63) is 0 Å². The molecule has 2 nitrogen and oxygen atoms in total. The van der Waals surface area contributed by atoms with Crippen LogP contribution in [0.25, 0.3) is 0 Å². The van der Waals surface area contributed by atoms with Crippen LogP contribution in [-0.4, -0.2) is 35.2 Å². The molecule has 0 aliphatic carbocycles. The highest BCUT2D eigenvalue weighted by molar-refractivity contribution is 4.77. The van der Waals surface area contributed by atoms with Gasteiger partial charge in [0.25, 0.3) is 0 Å². The van der Waals surface area contributed by atoms with E-state index in [9.17, 15) is 0 Å². The molecule has 1 rings (SSSR count). The topological polar surface area (TPSA) is 23.5 Å². The zero-order valence-corrected chi connectivity index (χ0v) is 7.58. The Labute approximate surface area is 69.2 Å². The van der Waals surface area contributed by atoms with Crippen molar-refractivity contribution in [1.82, 2.24) is 4.90 Å². The van der Waals surface area contributed by atoms with E-state index in [4.69, 9.17) is 5.11 Å². The molecule has 11 heavy (non-hydrogen) atoms. The van der Waals surface area contributed by atoms with Crippen molar-refractivity contribution in [2.24, 2.45) is 0 Å². The van der Waals surface area contributed by atoms with E-state index < -0.39 is 0 Å². The van der Waals surface area contributed by atoms with Crippen LogP contribution in [-0.2, 0) is 0 Å². The summed E-state index contributed by atoms with van der Waals surface area (Å²) in [4.78, 5) is 2.41. The number of hydrogen-bond donors (Lipinski definition) is 1. The van der Waals surface area contributed by atoms with Crippen LogP contribution in [0.3, 0.4) is 0 Å². The van der Waals surface area contributed by atoms with E-state index in [-0.39, 0.29) is 0 Å². The van der Waals surface area contributed by atoms with Crippen molar-refractivity contribution in [3.63, 3.8) is 0 Å². The van der Waals surface area contributed by atoms with E-state index in [1.807, 2.05) is 0 Å². The van der Waals surface area contributed by atoms with Crippen molar-refractivity contribution in [1.29, 1.82) is 0 Å². The molecule has 0 radical (unpaired) electrons. The molecule has 2 atom stereocenters. The van der Waals surface area contributed by atoms with Gasteiger partial charge in [-0.25, -0.2) is 0 Å². The van der Waals surface area contributed by atoms with Crippen molar-refractivity contribution in [3.8, 4) is 0 Å². The van der Waals surface area contributed by atoms with Crippen LogP contribution < -0.4 is 0 Å². The average Bonchev–Trinajstić information content (AvgIpc) is 2.04. The molecule has 0 aromatic heterocycles. The predicted octanol–water partition coefficient (Wildman–Crippen LogP) is 1.24. The summed E-state index contributed by atoms with van der Waals surface area (Å²) in [7, 11) is 0. The smallest absolute Gasteiger partial charge is 0.0584 e. The molecule has 1 N–H and O–H groups in total. The van der Waals surface area contributed by atoms with Gasteiger partial charge in [0.1, 0.15) is 0 Å². The minimum absolute atomic E-state index is 0.296. The lowest BCUT2D eigenvalue weighted by atomic mass is 10.0. The van der Waals surface area contributed by atoms with E-state index in [2.05, 4.69) is 18.7 Å². The van der Waals surface area contributed by atoms with Crippen LogP contribution in [0.4, 0.5) is 0 Å². The van der Waals surface area contributed by atoms with Crippen LogP contribution in [0.1, 0.15) is 33.1 Å². The molecule has 1 aliphatic heterocycles. The van der Waals surface area contributed by atoms with E-state index in [1.54, 1.807) is 0 Å². The first-order chi connectivity index (χ1) is 5.25. The second kappa shape index (κ2) is 4.07. The minimum Gasteiger partial charge on any atom is -0.395 e. The lowest BCUT2D eigenvalue weighted by Crippen LogP contribution is -2.45. The molecule has 0 saturated carbocycles. The van der Waals surface area contributed by atoms with Crippen LogP contribution >= 0.6 is 0 Å². The average molecular weight is 157 g/mol. The molecule has 1 aliphatic rings. The van der Waals surface area contributed by atoms with Gasteiger partial charge in [-0.05, 0) is 33.2 Å². The highest BCUT2D eigenvalue weighted by atomic mass is 16.3. The molecule has 2 heteroatoms. The summed E-state index contributed by atoms with van der Waals surface area (Å²) in [6.45, 7) is 5.82. The zero-order valence-electron chi connectivity index (χ0n) is 7.58. The third-order valence-electron chi connectivity index (χ3n) is 2.68. The molecular formula is C9H19NO. The number of piperidine rings is 1. The number of nitrogens with zero attached hydrogens (tertiary/aromatic N) is 1. The summed E-state index contributed by atoms with van der Waals surface area (Å²) in [5.74, 6) is 0. The first-order valence-corrected chi connectivity index (χ1v) is 4.62. The SMILES string of the molecule is C[C@H](CO)N1CCCC[C@H]1C. The van der Waals surface area contributed by atoms with Crippen LogP contribution in [0.2, 0.25) is 0 Å². The molecular weight excluding hydrogens is 138 g/mol. The molecule has 0 aromatic rings. The molecule has 0 unspecified atom stereocenters. The quantitative estimate of drug-likeness (QED) is 0.652. The lowest BCUT2D eigenvalue weighted by molar-refractivity contribution is 0.0745. The fourth-order valence-electron chi connectivity index (χ4n) is 1.88. The molecule has 1 heterocycles. The highest BCUT2D eigenvalue weighted by Crippen LogP contribution is 2.18. The van der Waals surface area contributed by atoms with Gasteiger partial charge in [-0.2, -0.15) is 0 Å². The monoisotopic (exact) mass is 157 g/mol. The van der Waals surface area contributed by atoms with Gasteiger partial charge in [0.2, 0.25) is 0 Å². The van der Waals surface area contributed by atoms with Crippen LogP contribution in [0.5, 0.6) is 0 Å². The Morgan fingerprint density at radius 3 is 2.82 bits per heavy atom. The highest BCUT2D eigenvalue weighted by Gasteiger charge is 2.21. The molecule has 0 amide bonds. The Hall–Kier alpha value is -0.0800. The summed E-state index contributed by atoms with van der Waals surface area (Å²) in [5.41, 5.74) is 0. The number of likely N-dealkylation sites (tertiary alicyclic amines) is 1. The summed E-state index contributed by atoms with van der Waals surface area (Å²) in [6, 6.07) is 1.02. The van der Waals surface area contributed by atoms with Gasteiger partial charge in [0.15, 0.2) is 0 Å². The van der Waals surface area contributed by atoms with Crippen molar-refractivity contribution in [2.75, 3.05) is 13.2 Å². The summed E-state index contributed by atoms with van der Waals surface area (Å²) >= 11 is 0. The standard InChI is InChI=1S/C9H19NO/c1-8-5-3-4-6-10(8)9(2)7-11/h8-9,11H,3-7H2,1-2H3/t8-,9-/m1/s1. The van der Waals surface area contributed by atoms with Gasteiger partial charge < -0.3 is 5.11 Å². The maximum absolute atomic E-state index is 8.96. The Morgan fingerprint density at radius 1 is 1.55 bits per heavy atom. The first kappa shape index (κ1) is 9.01. The summed E-state index contributed by atoms with van der Waals surface area (Å²) < 4.78 is 0. The summed E-state index contributed by atoms with van der Waals surface area (Å²) in [5, 5.41) is 8.96. The third kappa shape index (κ3) is 2.17. The van der Waals surface area contributed by atoms with Crippen molar-refractivity contribution in [2.45, 2.75) is 45.2 Å². The van der Waals surface area contributed by atoms with Crippen LogP contribution in [0.15, 0.2) is 0 Å². The molecule has 66 valence electrons. The van der Waals surface area contributed by atoms with Gasteiger partial charge in [-0.3, -0.25) is 4.90 Å². The largest absolute Gasteiger partial charge is 0.395 e. The van der Waals surface area contributed by atoms with Gasteiger partial charge in [0.05, 0.1) is 6.61 Å². The third-order valence-corrected chi connectivity index (χ3v) is 2.68. The molecule has 1 saturated heterocycles. The van der Waals surface area contributed by atoms with E-state index in [0.717, 1.165) is 0 Å². The Bertz CT molecular complexity index is 112. The fourth-order valence-corrected chi connectivity index (χ4v) is 1.88. The number of rotatable bonds is 2. The number of aliphatic hydroxyl groups excluding tert-OH is 1. The maximum Gasteiger partial charge on any atom is 0.0584 e. The second-order valence-corrected chi connectivity index (χ2v) is 3.61. The Kier molecular flexibility index (Phi) is 3.34. The van der Waals surface area contributed by atoms with E-state index in [0.29, 0.717) is 18.7 Å². The van der Waals surface area contributed by atoms with Crippen molar-refractivity contribution >= 4 is 0 Å². The number of aliphatic hydroxyl groups is 1. The minimum atomic E-state index is 0.296. The summed E-state index contributed by atoms with van der Waals surface area (Å²) in [6.07, 6.45) is 3.95. The van der Waals surface area contributed by atoms with E-state index >= 15 is 0 Å². The van der Waals surface area contributed by atoms with Crippen LogP contribution in [0, 0.1) is 0 Å². The molecule has 0 bridgehead atoms. The van der Waals surface area contributed by atoms with Gasteiger partial charge in [-0.1, -0.05) is 6.42 Å². The maximum atomic E-state index is 8.96. The second-order valence-electron chi connectivity index (χ2n) is 3.61. The zero-order chi connectivity index (χ0) is 8.27. The molecule has 1 fully saturated rings. The van der Waals surface area contributed by atoms with Gasteiger partial charge >= 0.3 is 0 Å². The fraction of sp³-hybridized carbons (Fsp3) is 1.00. The molecule has 0 aromatic carbocycles. The predicted molar refractivity (Wildman–Crippen MR) is 46.6 cm³/mol.